The number of aromatic nitrogens is 3. The predicted molar refractivity (Wildman–Crippen MR) is 77.1 cm³/mol. The molecule has 0 fully saturated rings. The Labute approximate surface area is 122 Å². The van der Waals surface area contributed by atoms with Gasteiger partial charge in [0.1, 0.15) is 5.82 Å². The molecule has 20 heavy (non-hydrogen) atoms. The topological polar surface area (TPSA) is 56.7 Å². The molecule has 0 aliphatic heterocycles. The molecule has 1 atom stereocenters. The van der Waals surface area contributed by atoms with Crippen LogP contribution in [0.15, 0.2) is 18.5 Å². The van der Waals surface area contributed by atoms with Gasteiger partial charge in [-0.25, -0.2) is 4.39 Å². The van der Waals surface area contributed by atoms with Gasteiger partial charge in [0.05, 0.1) is 22.6 Å². The van der Waals surface area contributed by atoms with Gasteiger partial charge in [-0.15, -0.1) is 0 Å². The van der Waals surface area contributed by atoms with E-state index in [9.17, 15) is 4.39 Å². The third-order valence-electron chi connectivity index (χ3n) is 3.31. The van der Waals surface area contributed by atoms with Crippen molar-refractivity contribution in [2.24, 2.45) is 5.73 Å². The Balaban J connectivity index is 2.30. The van der Waals surface area contributed by atoms with Crippen LogP contribution < -0.4 is 5.73 Å². The van der Waals surface area contributed by atoms with Crippen LogP contribution in [0.5, 0.6) is 0 Å². The summed E-state index contributed by atoms with van der Waals surface area (Å²) in [6.45, 7) is 4.70. The zero-order valence-electron chi connectivity index (χ0n) is 11.6. The molecule has 0 aromatic carbocycles. The quantitative estimate of drug-likeness (QED) is 0.923. The van der Waals surface area contributed by atoms with Crippen LogP contribution in [0.1, 0.15) is 36.8 Å². The van der Waals surface area contributed by atoms with Gasteiger partial charge in [-0.2, -0.15) is 5.10 Å². The van der Waals surface area contributed by atoms with Gasteiger partial charge in [0.25, 0.3) is 0 Å². The lowest BCUT2D eigenvalue weighted by Crippen LogP contribution is -2.17. The molecule has 2 rings (SSSR count). The van der Waals surface area contributed by atoms with Gasteiger partial charge in [-0.1, -0.05) is 18.5 Å². The van der Waals surface area contributed by atoms with Crippen molar-refractivity contribution in [3.8, 4) is 0 Å². The number of rotatable bonds is 5. The summed E-state index contributed by atoms with van der Waals surface area (Å²) in [7, 11) is 0. The molecule has 0 saturated heterocycles. The maximum Gasteiger partial charge on any atom is 0.146 e. The van der Waals surface area contributed by atoms with Gasteiger partial charge in [0.15, 0.2) is 0 Å². The molecule has 0 aliphatic carbocycles. The number of nitrogens with two attached hydrogens (primary N) is 1. The van der Waals surface area contributed by atoms with Crippen LogP contribution in [0.2, 0.25) is 5.02 Å². The van der Waals surface area contributed by atoms with Gasteiger partial charge >= 0.3 is 0 Å². The minimum Gasteiger partial charge on any atom is -0.324 e. The fraction of sp³-hybridized carbons (Fsp3) is 0.429. The standard InChI is InChI=1S/C14H18ClFN4/c1-3-12-14(15)13(20(4-2)19-12)7-11(17)9-5-6-18-8-10(9)16/h5-6,8,11H,3-4,7,17H2,1-2H3. The second-order valence-electron chi connectivity index (χ2n) is 4.58. The third kappa shape index (κ3) is 2.83. The molecule has 0 bridgehead atoms. The Morgan fingerprint density at radius 3 is 2.80 bits per heavy atom. The zero-order valence-corrected chi connectivity index (χ0v) is 12.4. The van der Waals surface area contributed by atoms with Crippen molar-refractivity contribution in [2.75, 3.05) is 0 Å². The van der Waals surface area contributed by atoms with Crippen molar-refractivity contribution >= 4 is 11.6 Å². The van der Waals surface area contributed by atoms with Gasteiger partial charge in [0.2, 0.25) is 0 Å². The fourth-order valence-corrected chi connectivity index (χ4v) is 2.56. The van der Waals surface area contributed by atoms with Gasteiger partial charge in [0, 0.05) is 30.8 Å². The van der Waals surface area contributed by atoms with Crippen molar-refractivity contribution in [3.63, 3.8) is 0 Å². The van der Waals surface area contributed by atoms with Crippen LogP contribution in [0.25, 0.3) is 0 Å². The number of aryl methyl sites for hydroxylation is 2. The SMILES string of the molecule is CCc1nn(CC)c(CC(N)c2ccncc2F)c1Cl. The molecule has 0 spiro atoms. The van der Waals surface area contributed by atoms with E-state index in [2.05, 4.69) is 10.1 Å². The van der Waals surface area contributed by atoms with E-state index in [0.717, 1.165) is 17.8 Å². The normalized spacial score (nSPS) is 12.7. The third-order valence-corrected chi connectivity index (χ3v) is 3.75. The summed E-state index contributed by atoms with van der Waals surface area (Å²) in [5.41, 5.74) is 8.26. The molecule has 6 heteroatoms. The van der Waals surface area contributed by atoms with Crippen molar-refractivity contribution in [2.45, 2.75) is 39.3 Å². The summed E-state index contributed by atoms with van der Waals surface area (Å²) >= 11 is 6.33. The number of hydrogen-bond acceptors (Lipinski definition) is 3. The lowest BCUT2D eigenvalue weighted by atomic mass is 10.0. The summed E-state index contributed by atoms with van der Waals surface area (Å²) < 4.78 is 15.5. The van der Waals surface area contributed by atoms with Crippen LogP contribution in [0, 0.1) is 5.82 Å². The predicted octanol–water partition coefficient (Wildman–Crippen LogP) is 2.90. The minimum absolute atomic E-state index is 0.394. The first-order chi connectivity index (χ1) is 9.58. The number of nitrogens with zero attached hydrogens (tertiary/aromatic N) is 3. The van der Waals surface area contributed by atoms with E-state index in [1.165, 1.54) is 12.4 Å². The molecule has 2 heterocycles. The number of hydrogen-bond donors (Lipinski definition) is 1. The summed E-state index contributed by atoms with van der Waals surface area (Å²) in [6.07, 6.45) is 3.91. The lowest BCUT2D eigenvalue weighted by molar-refractivity contribution is 0.551. The maximum atomic E-state index is 13.7. The molecule has 108 valence electrons. The fourth-order valence-electron chi connectivity index (χ4n) is 2.22. The zero-order chi connectivity index (χ0) is 14.7. The monoisotopic (exact) mass is 296 g/mol. The Bertz CT molecular complexity index is 597. The van der Waals surface area contributed by atoms with Crippen LogP contribution in [0.3, 0.4) is 0 Å². The van der Waals surface area contributed by atoms with E-state index in [1.54, 1.807) is 6.07 Å². The van der Waals surface area contributed by atoms with Crippen LogP contribution in [-0.4, -0.2) is 14.8 Å². The Morgan fingerprint density at radius 2 is 2.20 bits per heavy atom. The van der Waals surface area contributed by atoms with E-state index >= 15 is 0 Å². The molecule has 2 aromatic rings. The lowest BCUT2D eigenvalue weighted by Gasteiger charge is -2.14. The highest BCUT2D eigenvalue weighted by molar-refractivity contribution is 6.31. The molecule has 0 saturated carbocycles. The minimum atomic E-state index is -0.470. The molecule has 0 aliphatic rings. The number of halogens is 2. The van der Waals surface area contributed by atoms with E-state index < -0.39 is 11.9 Å². The second kappa shape index (κ2) is 6.33. The molecule has 1 unspecified atom stereocenters. The largest absolute Gasteiger partial charge is 0.324 e. The average molecular weight is 297 g/mol. The first-order valence-electron chi connectivity index (χ1n) is 6.67. The van der Waals surface area contributed by atoms with Crippen molar-refractivity contribution in [1.82, 2.24) is 14.8 Å². The van der Waals surface area contributed by atoms with Crippen LogP contribution in [0.4, 0.5) is 4.39 Å². The van der Waals surface area contributed by atoms with Gasteiger partial charge in [-0.3, -0.25) is 9.67 Å². The molecular formula is C14H18ClFN4. The van der Waals surface area contributed by atoms with Gasteiger partial charge < -0.3 is 5.73 Å². The Morgan fingerprint density at radius 1 is 1.45 bits per heavy atom. The molecular weight excluding hydrogens is 279 g/mol. The van der Waals surface area contributed by atoms with E-state index in [4.69, 9.17) is 17.3 Å². The first kappa shape index (κ1) is 14.9. The van der Waals surface area contributed by atoms with Gasteiger partial charge in [-0.05, 0) is 19.4 Å². The molecule has 4 nitrogen and oxygen atoms in total. The average Bonchev–Trinajstić information content (AvgIpc) is 2.75. The summed E-state index contributed by atoms with van der Waals surface area (Å²) in [5, 5.41) is 5.08. The van der Waals surface area contributed by atoms with Crippen molar-refractivity contribution < 1.29 is 4.39 Å². The smallest absolute Gasteiger partial charge is 0.146 e. The highest BCUT2D eigenvalue weighted by Gasteiger charge is 2.19. The molecule has 0 radical (unpaired) electrons. The maximum absolute atomic E-state index is 13.7. The Kier molecular flexibility index (Phi) is 4.73. The first-order valence-corrected chi connectivity index (χ1v) is 7.05. The van der Waals surface area contributed by atoms with E-state index in [-0.39, 0.29) is 0 Å². The second-order valence-corrected chi connectivity index (χ2v) is 4.96. The van der Waals surface area contributed by atoms with Crippen molar-refractivity contribution in [1.29, 1.82) is 0 Å². The molecule has 0 amide bonds. The highest BCUT2D eigenvalue weighted by atomic mass is 35.5. The van der Waals surface area contributed by atoms with Crippen LogP contribution in [-0.2, 0) is 19.4 Å². The summed E-state index contributed by atoms with van der Waals surface area (Å²) in [6, 6.07) is 1.13. The van der Waals surface area contributed by atoms with E-state index in [1.807, 2.05) is 18.5 Å². The Hall–Kier alpha value is -1.46. The number of pyridine rings is 1. The van der Waals surface area contributed by atoms with Crippen LogP contribution >= 0.6 is 11.6 Å². The molecule has 2 N–H and O–H groups in total. The molecule has 2 aromatic heterocycles. The summed E-state index contributed by atoms with van der Waals surface area (Å²) in [4.78, 5) is 3.73. The van der Waals surface area contributed by atoms with Crippen molar-refractivity contribution in [3.05, 3.63) is 46.3 Å². The highest BCUT2D eigenvalue weighted by Crippen LogP contribution is 2.26. The summed E-state index contributed by atoms with van der Waals surface area (Å²) in [5.74, 6) is -0.394. The van der Waals surface area contributed by atoms with E-state index in [0.29, 0.717) is 23.6 Å².